The van der Waals surface area contributed by atoms with Gasteiger partial charge in [0.05, 0.1) is 21.3 Å². The molecule has 4 aromatic carbocycles. The normalized spacial score (nSPS) is 11.3. The van der Waals surface area contributed by atoms with E-state index in [1.807, 2.05) is 36.4 Å². The smallest absolute Gasteiger partial charge is 0.267 e. The van der Waals surface area contributed by atoms with Gasteiger partial charge in [0.25, 0.3) is 5.43 Å². The summed E-state index contributed by atoms with van der Waals surface area (Å²) in [4.78, 5) is 24.9. The molecule has 4 aromatic rings. The first-order chi connectivity index (χ1) is 15.5. The molecule has 0 spiro atoms. The molecule has 7 heteroatoms. The largest absolute Gasteiger partial charge is 0.867 e. The molecule has 0 aliphatic heterocycles. The lowest BCUT2D eigenvalue weighted by Gasteiger charge is -2.31. The van der Waals surface area contributed by atoms with Crippen LogP contribution in [0.1, 0.15) is 0 Å². The predicted molar refractivity (Wildman–Crippen MR) is 125 cm³/mol. The lowest BCUT2D eigenvalue weighted by atomic mass is 10.3. The first-order valence-corrected chi connectivity index (χ1v) is 11.6. The minimum atomic E-state index is -2.97. The van der Waals surface area contributed by atoms with Crippen LogP contribution >= 0.6 is 7.26 Å². The van der Waals surface area contributed by atoms with Crippen LogP contribution in [0.15, 0.2) is 82.4 Å². The zero-order valence-electron chi connectivity index (χ0n) is 17.8. The SMILES string of the molecule is COc1ccc([P+](c2ccc(OC)cc2)(c2ccc(OC)cc2)c2c([O-])c(=O)c2=O)cc1. The number of rotatable bonds is 7. The summed E-state index contributed by atoms with van der Waals surface area (Å²) in [5, 5.41) is 15.2. The van der Waals surface area contributed by atoms with Gasteiger partial charge in [-0.05, 0) is 78.5 Å². The molecule has 0 N–H and O–H groups in total. The van der Waals surface area contributed by atoms with Crippen molar-refractivity contribution in [2.24, 2.45) is 0 Å². The molecule has 0 radical (unpaired) electrons. The van der Waals surface area contributed by atoms with Crippen LogP contribution in [0.25, 0.3) is 0 Å². The van der Waals surface area contributed by atoms with Crippen molar-refractivity contribution < 1.29 is 19.3 Å². The Kier molecular flexibility index (Phi) is 5.72. The van der Waals surface area contributed by atoms with E-state index in [1.54, 1.807) is 57.7 Å². The molecule has 0 unspecified atom stereocenters. The van der Waals surface area contributed by atoms with Crippen LogP contribution in [0, 0.1) is 0 Å². The molecule has 0 amide bonds. The van der Waals surface area contributed by atoms with Crippen LogP contribution in [0.4, 0.5) is 0 Å². The van der Waals surface area contributed by atoms with Crippen LogP contribution in [-0.2, 0) is 0 Å². The number of hydrogen-bond donors (Lipinski definition) is 0. The summed E-state index contributed by atoms with van der Waals surface area (Å²) in [6.45, 7) is 0. The second kappa shape index (κ2) is 8.48. The second-order valence-electron chi connectivity index (χ2n) is 7.10. The van der Waals surface area contributed by atoms with Gasteiger partial charge in [-0.25, -0.2) is 0 Å². The van der Waals surface area contributed by atoms with E-state index in [1.165, 1.54) is 0 Å². The van der Waals surface area contributed by atoms with Gasteiger partial charge in [-0.2, -0.15) is 0 Å². The van der Waals surface area contributed by atoms with E-state index in [4.69, 9.17) is 14.2 Å². The molecule has 4 rings (SSSR count). The van der Waals surface area contributed by atoms with E-state index >= 15 is 0 Å². The molecule has 0 aliphatic rings. The molecule has 0 aliphatic carbocycles. The van der Waals surface area contributed by atoms with E-state index < -0.39 is 23.9 Å². The van der Waals surface area contributed by atoms with Gasteiger partial charge in [0.2, 0.25) is 5.43 Å². The summed E-state index contributed by atoms with van der Waals surface area (Å²) < 4.78 is 15.9. The Bertz CT molecular complexity index is 1190. The Morgan fingerprint density at radius 3 is 1.12 bits per heavy atom. The zero-order chi connectivity index (χ0) is 22.9. The van der Waals surface area contributed by atoms with Crippen LogP contribution in [-0.4, -0.2) is 21.3 Å². The van der Waals surface area contributed by atoms with E-state index in [0.717, 1.165) is 15.9 Å². The van der Waals surface area contributed by atoms with Crippen LogP contribution in [0.2, 0.25) is 0 Å². The Labute approximate surface area is 185 Å². The fourth-order valence-electron chi connectivity index (χ4n) is 3.92. The molecular weight excluding hydrogens is 427 g/mol. The van der Waals surface area contributed by atoms with Gasteiger partial charge in [0, 0.05) is 0 Å². The number of methoxy groups -OCH3 is 3. The highest BCUT2D eigenvalue weighted by molar-refractivity contribution is 8.01. The quantitative estimate of drug-likeness (QED) is 0.310. The molecule has 0 atom stereocenters. The third-order valence-electron chi connectivity index (χ3n) is 5.56. The van der Waals surface area contributed by atoms with Crippen LogP contribution in [0.5, 0.6) is 23.0 Å². The van der Waals surface area contributed by atoms with Crippen molar-refractivity contribution >= 4 is 28.5 Å². The fraction of sp³-hybridized carbons (Fsp3) is 0.120. The highest BCUT2D eigenvalue weighted by Gasteiger charge is 2.52. The number of ether oxygens (including phenoxy) is 3. The molecule has 162 valence electrons. The summed E-state index contributed by atoms with van der Waals surface area (Å²) in [6.07, 6.45) is 0. The van der Waals surface area contributed by atoms with Gasteiger partial charge < -0.3 is 19.3 Å². The summed E-state index contributed by atoms with van der Waals surface area (Å²) in [6, 6.07) is 21.8. The minimum absolute atomic E-state index is 0.0306. The molecule has 0 aromatic heterocycles. The molecule has 0 saturated heterocycles. The standard InChI is InChI=1S/C25H21O6P/c1-29-16-4-10-19(11-5-16)32(25-23(27)22(26)24(25)28,20-12-6-17(30-2)7-13-20)21-14-8-18(31-3)9-15-21/h4-15H,1-3H3. The van der Waals surface area contributed by atoms with Crippen molar-refractivity contribution in [1.82, 2.24) is 0 Å². The highest BCUT2D eigenvalue weighted by atomic mass is 31.2. The first kappa shape index (κ1) is 21.6. The lowest BCUT2D eigenvalue weighted by molar-refractivity contribution is -0.269. The summed E-state index contributed by atoms with van der Waals surface area (Å²) in [5.41, 5.74) is -1.70. The fourth-order valence-corrected chi connectivity index (χ4v) is 8.19. The van der Waals surface area contributed by atoms with Gasteiger partial charge in [-0.15, -0.1) is 0 Å². The molecule has 32 heavy (non-hydrogen) atoms. The summed E-state index contributed by atoms with van der Waals surface area (Å²) in [5.74, 6) is 1.20. The van der Waals surface area contributed by atoms with Crippen molar-refractivity contribution in [2.45, 2.75) is 0 Å². The van der Waals surface area contributed by atoms with Gasteiger partial charge >= 0.3 is 0 Å². The molecule has 6 nitrogen and oxygen atoms in total. The van der Waals surface area contributed by atoms with Gasteiger partial charge in [-0.3, -0.25) is 9.59 Å². The highest BCUT2D eigenvalue weighted by Crippen LogP contribution is 2.55. The average Bonchev–Trinajstić information content (AvgIpc) is 2.87. The second-order valence-corrected chi connectivity index (χ2v) is 10.4. The van der Waals surface area contributed by atoms with Gasteiger partial charge in [0.1, 0.15) is 40.4 Å². The van der Waals surface area contributed by atoms with E-state index in [9.17, 15) is 14.7 Å². The van der Waals surface area contributed by atoms with Crippen LogP contribution in [0.3, 0.4) is 0 Å². The molecular formula is C25H21O6P. The first-order valence-electron chi connectivity index (χ1n) is 9.81. The molecule has 0 saturated carbocycles. The maximum atomic E-state index is 12.9. The maximum Gasteiger partial charge on any atom is 0.267 e. The molecule has 0 heterocycles. The average molecular weight is 448 g/mol. The molecule has 0 bridgehead atoms. The van der Waals surface area contributed by atoms with Gasteiger partial charge in [-0.1, -0.05) is 0 Å². The minimum Gasteiger partial charge on any atom is -0.867 e. The number of hydrogen-bond acceptors (Lipinski definition) is 6. The van der Waals surface area contributed by atoms with E-state index in [-0.39, 0.29) is 5.30 Å². The van der Waals surface area contributed by atoms with Crippen molar-refractivity contribution in [3.8, 4) is 23.0 Å². The maximum absolute atomic E-state index is 12.9. The third-order valence-corrected chi connectivity index (χ3v) is 9.85. The van der Waals surface area contributed by atoms with Crippen LogP contribution < -0.4 is 51.4 Å². The lowest BCUT2D eigenvalue weighted by Crippen LogP contribution is -2.56. The van der Waals surface area contributed by atoms with E-state index in [0.29, 0.717) is 17.2 Å². The van der Waals surface area contributed by atoms with Gasteiger partial charge in [0.15, 0.2) is 5.30 Å². The monoisotopic (exact) mass is 448 g/mol. The van der Waals surface area contributed by atoms with E-state index in [2.05, 4.69) is 0 Å². The predicted octanol–water partition coefficient (Wildman–Crippen LogP) is 1.00. The third kappa shape index (κ3) is 3.24. The Morgan fingerprint density at radius 1 is 0.562 bits per heavy atom. The Hall–Kier alpha value is -3.63. The topological polar surface area (TPSA) is 84.9 Å². The van der Waals surface area contributed by atoms with Crippen molar-refractivity contribution in [2.75, 3.05) is 21.3 Å². The number of benzene rings is 3. The Balaban J connectivity index is 2.11. The van der Waals surface area contributed by atoms with Crippen molar-refractivity contribution in [3.05, 3.63) is 93.2 Å². The van der Waals surface area contributed by atoms with Crippen molar-refractivity contribution in [1.29, 1.82) is 0 Å². The summed E-state index contributed by atoms with van der Waals surface area (Å²) >= 11 is 0. The zero-order valence-corrected chi connectivity index (χ0v) is 18.7. The summed E-state index contributed by atoms with van der Waals surface area (Å²) in [7, 11) is 1.73. The van der Waals surface area contributed by atoms with Crippen molar-refractivity contribution in [3.63, 3.8) is 0 Å². The Morgan fingerprint density at radius 2 is 0.875 bits per heavy atom. The molecule has 0 fully saturated rings.